The van der Waals surface area contributed by atoms with Crippen LogP contribution in [0.2, 0.25) is 0 Å². The maximum Gasteiger partial charge on any atom is 0.168 e. The Balaban J connectivity index is 4.30. The van der Waals surface area contributed by atoms with Gasteiger partial charge in [0.25, 0.3) is 0 Å². The van der Waals surface area contributed by atoms with Gasteiger partial charge in [-0.2, -0.15) is 0 Å². The quantitative estimate of drug-likeness (QED) is 0.596. The molecule has 0 spiro atoms. The van der Waals surface area contributed by atoms with Crippen molar-refractivity contribution in [3.8, 4) is 0 Å². The van der Waals surface area contributed by atoms with Crippen molar-refractivity contribution in [2.75, 3.05) is 14.2 Å². The molecule has 0 aliphatic carbocycles. The lowest BCUT2D eigenvalue weighted by molar-refractivity contribution is -0.224. The molecule has 0 heterocycles. The van der Waals surface area contributed by atoms with Crippen molar-refractivity contribution in [1.29, 1.82) is 0 Å². The van der Waals surface area contributed by atoms with Crippen LogP contribution in [0.1, 0.15) is 40.5 Å². The molecule has 2 nitrogen and oxygen atoms in total. The Morgan fingerprint density at radius 2 is 1.15 bits per heavy atom. The van der Waals surface area contributed by atoms with Crippen LogP contribution in [0.15, 0.2) is 0 Å². The van der Waals surface area contributed by atoms with Gasteiger partial charge in [0.05, 0.1) is 0 Å². The third-order valence-corrected chi connectivity index (χ3v) is 2.18. The van der Waals surface area contributed by atoms with Crippen LogP contribution >= 0.6 is 0 Å². The Labute approximate surface area is 82.6 Å². The van der Waals surface area contributed by atoms with Crippen molar-refractivity contribution < 1.29 is 9.47 Å². The molecule has 0 bridgehead atoms. The van der Waals surface area contributed by atoms with Gasteiger partial charge in [0.15, 0.2) is 5.79 Å². The topological polar surface area (TPSA) is 18.5 Å². The van der Waals surface area contributed by atoms with Gasteiger partial charge in [0.1, 0.15) is 0 Å². The molecular weight excluding hydrogens is 164 g/mol. The zero-order chi connectivity index (χ0) is 10.5. The largest absolute Gasteiger partial charge is 0.353 e. The molecule has 0 saturated heterocycles. The molecule has 0 radical (unpaired) electrons. The number of hydrogen-bond acceptors (Lipinski definition) is 2. The predicted molar refractivity (Wildman–Crippen MR) is 55.7 cm³/mol. The molecule has 0 unspecified atom stereocenters. The highest BCUT2D eigenvalue weighted by Crippen LogP contribution is 2.28. The average Bonchev–Trinajstić information content (AvgIpc) is 2.01. The van der Waals surface area contributed by atoms with Crippen LogP contribution in [-0.4, -0.2) is 20.0 Å². The molecule has 0 atom stereocenters. The summed E-state index contributed by atoms with van der Waals surface area (Å²) >= 11 is 0. The monoisotopic (exact) mass is 188 g/mol. The normalized spacial score (nSPS) is 12.9. The van der Waals surface area contributed by atoms with Gasteiger partial charge in [-0.3, -0.25) is 0 Å². The van der Waals surface area contributed by atoms with Gasteiger partial charge in [-0.15, -0.1) is 0 Å². The Bertz CT molecular complexity index is 114. The second kappa shape index (κ2) is 5.61. The molecule has 0 aliphatic rings. The number of hydrogen-bond donors (Lipinski definition) is 0. The second-order valence-corrected chi connectivity index (χ2v) is 4.51. The maximum atomic E-state index is 5.49. The van der Waals surface area contributed by atoms with Crippen molar-refractivity contribution >= 4 is 0 Å². The lowest BCUT2D eigenvalue weighted by Gasteiger charge is -2.34. The molecule has 2 heteroatoms. The lowest BCUT2D eigenvalue weighted by atomic mass is 9.94. The third-order valence-electron chi connectivity index (χ3n) is 2.18. The van der Waals surface area contributed by atoms with Crippen LogP contribution in [0, 0.1) is 11.8 Å². The minimum Gasteiger partial charge on any atom is -0.353 e. The molecule has 0 fully saturated rings. The Morgan fingerprint density at radius 3 is 1.31 bits per heavy atom. The van der Waals surface area contributed by atoms with E-state index in [4.69, 9.17) is 9.47 Å². The molecule has 13 heavy (non-hydrogen) atoms. The fraction of sp³-hybridized carbons (Fsp3) is 1.00. The molecule has 0 saturated carbocycles. The van der Waals surface area contributed by atoms with E-state index in [9.17, 15) is 0 Å². The lowest BCUT2D eigenvalue weighted by Crippen LogP contribution is -2.36. The summed E-state index contributed by atoms with van der Waals surface area (Å²) in [4.78, 5) is 0. The van der Waals surface area contributed by atoms with Crippen molar-refractivity contribution in [2.45, 2.75) is 46.3 Å². The smallest absolute Gasteiger partial charge is 0.168 e. The summed E-state index contributed by atoms with van der Waals surface area (Å²) < 4.78 is 11.0. The van der Waals surface area contributed by atoms with Crippen molar-refractivity contribution in [1.82, 2.24) is 0 Å². The van der Waals surface area contributed by atoms with E-state index in [1.165, 1.54) is 0 Å². The van der Waals surface area contributed by atoms with E-state index in [1.54, 1.807) is 14.2 Å². The first-order chi connectivity index (χ1) is 5.95. The SMILES string of the molecule is COC(CC(C)C)(CC(C)C)OC. The fourth-order valence-electron chi connectivity index (χ4n) is 1.74. The Kier molecular flexibility index (Phi) is 5.57. The fourth-order valence-corrected chi connectivity index (χ4v) is 1.74. The average molecular weight is 188 g/mol. The molecule has 80 valence electrons. The van der Waals surface area contributed by atoms with Crippen LogP contribution in [0.4, 0.5) is 0 Å². The van der Waals surface area contributed by atoms with Crippen LogP contribution in [0.5, 0.6) is 0 Å². The van der Waals surface area contributed by atoms with Gasteiger partial charge in [0, 0.05) is 27.1 Å². The summed E-state index contributed by atoms with van der Waals surface area (Å²) in [6.45, 7) is 8.75. The van der Waals surface area contributed by atoms with Crippen LogP contribution in [0.25, 0.3) is 0 Å². The first kappa shape index (κ1) is 12.9. The van der Waals surface area contributed by atoms with Gasteiger partial charge in [-0.1, -0.05) is 27.7 Å². The second-order valence-electron chi connectivity index (χ2n) is 4.51. The minimum atomic E-state index is -0.373. The zero-order valence-electron chi connectivity index (χ0n) is 9.89. The summed E-state index contributed by atoms with van der Waals surface area (Å²) in [6.07, 6.45) is 1.91. The van der Waals surface area contributed by atoms with E-state index in [1.807, 2.05) is 0 Å². The first-order valence-corrected chi connectivity index (χ1v) is 5.06. The molecule has 0 amide bonds. The summed E-state index contributed by atoms with van der Waals surface area (Å²) in [7, 11) is 3.46. The van der Waals surface area contributed by atoms with E-state index in [0.29, 0.717) is 11.8 Å². The first-order valence-electron chi connectivity index (χ1n) is 5.06. The van der Waals surface area contributed by atoms with Gasteiger partial charge in [-0.25, -0.2) is 0 Å². The summed E-state index contributed by atoms with van der Waals surface area (Å²) in [5.41, 5.74) is 0. The number of methoxy groups -OCH3 is 2. The van der Waals surface area contributed by atoms with Crippen molar-refractivity contribution in [3.05, 3.63) is 0 Å². The Hall–Kier alpha value is -0.0800. The maximum absolute atomic E-state index is 5.49. The van der Waals surface area contributed by atoms with E-state index in [2.05, 4.69) is 27.7 Å². The van der Waals surface area contributed by atoms with Gasteiger partial charge >= 0.3 is 0 Å². The molecule has 0 aromatic rings. The molecular formula is C11H24O2. The molecule has 0 aromatic carbocycles. The van der Waals surface area contributed by atoms with Gasteiger partial charge in [0.2, 0.25) is 0 Å². The summed E-state index contributed by atoms with van der Waals surface area (Å²) in [6, 6.07) is 0. The van der Waals surface area contributed by atoms with E-state index >= 15 is 0 Å². The molecule has 0 aliphatic heterocycles. The zero-order valence-corrected chi connectivity index (χ0v) is 9.89. The number of rotatable bonds is 6. The summed E-state index contributed by atoms with van der Waals surface area (Å²) in [5, 5.41) is 0. The molecule has 0 N–H and O–H groups in total. The molecule has 0 aromatic heterocycles. The van der Waals surface area contributed by atoms with Crippen LogP contribution < -0.4 is 0 Å². The minimum absolute atomic E-state index is 0.373. The highest BCUT2D eigenvalue weighted by Gasteiger charge is 2.31. The summed E-state index contributed by atoms with van der Waals surface area (Å²) in [5.74, 6) is 0.819. The highest BCUT2D eigenvalue weighted by atomic mass is 16.7. The van der Waals surface area contributed by atoms with Gasteiger partial charge < -0.3 is 9.47 Å². The van der Waals surface area contributed by atoms with Crippen LogP contribution in [-0.2, 0) is 9.47 Å². The van der Waals surface area contributed by atoms with Crippen LogP contribution in [0.3, 0.4) is 0 Å². The highest BCUT2D eigenvalue weighted by molar-refractivity contribution is 4.72. The third kappa shape index (κ3) is 4.63. The number of ether oxygens (including phenoxy) is 2. The van der Waals surface area contributed by atoms with Gasteiger partial charge in [-0.05, 0) is 11.8 Å². The Morgan fingerprint density at radius 1 is 0.846 bits per heavy atom. The van der Waals surface area contributed by atoms with E-state index < -0.39 is 0 Å². The predicted octanol–water partition coefficient (Wildman–Crippen LogP) is 3.07. The van der Waals surface area contributed by atoms with E-state index in [0.717, 1.165) is 12.8 Å². The van der Waals surface area contributed by atoms with E-state index in [-0.39, 0.29) is 5.79 Å². The van der Waals surface area contributed by atoms with Crippen molar-refractivity contribution in [3.63, 3.8) is 0 Å². The standard InChI is InChI=1S/C11H24O2/c1-9(2)7-11(12-5,13-6)8-10(3)4/h9-10H,7-8H2,1-6H3. The molecule has 0 rings (SSSR count). The van der Waals surface area contributed by atoms with Crippen molar-refractivity contribution in [2.24, 2.45) is 11.8 Å².